The van der Waals surface area contributed by atoms with Gasteiger partial charge in [0.25, 0.3) is 0 Å². The third-order valence-corrected chi connectivity index (χ3v) is 11.3. The number of hydrogen-bond acceptors (Lipinski definition) is 8. The van der Waals surface area contributed by atoms with Gasteiger partial charge in [0.2, 0.25) is 10.0 Å². The van der Waals surface area contributed by atoms with Gasteiger partial charge in [-0.25, -0.2) is 13.1 Å². The van der Waals surface area contributed by atoms with Crippen LogP contribution >= 0.6 is 0 Å². The number of aryl methyl sites for hydroxylation is 3. The number of ketones is 1. The van der Waals surface area contributed by atoms with Crippen molar-refractivity contribution in [1.29, 1.82) is 0 Å². The minimum absolute atomic E-state index is 0.0115. The number of carbonyl (C=O) groups is 2. The smallest absolute Gasteiger partial charge is 0.305 e. The van der Waals surface area contributed by atoms with E-state index in [1.807, 2.05) is 76.6 Å². The Balaban J connectivity index is 1.62. The van der Waals surface area contributed by atoms with Crippen molar-refractivity contribution in [2.45, 2.75) is 90.8 Å². The molecular formula is C36H44N4O6S. The number of carbonyl (C=O) groups excluding carboxylic acids is 2. The molecule has 2 heterocycles. The van der Waals surface area contributed by atoms with Crippen molar-refractivity contribution in [2.24, 2.45) is 5.41 Å². The lowest BCUT2D eigenvalue weighted by Gasteiger charge is -2.35. The van der Waals surface area contributed by atoms with Gasteiger partial charge in [0.15, 0.2) is 0 Å². The maximum Gasteiger partial charge on any atom is 0.305 e. The summed E-state index contributed by atoms with van der Waals surface area (Å²) in [5.74, 6) is -0.588. The third kappa shape index (κ3) is 6.56. The van der Waals surface area contributed by atoms with Crippen molar-refractivity contribution < 1.29 is 27.5 Å². The van der Waals surface area contributed by atoms with Gasteiger partial charge in [0, 0.05) is 30.8 Å². The summed E-state index contributed by atoms with van der Waals surface area (Å²) in [5.41, 5.74) is 5.18. The molecule has 0 aliphatic carbocycles. The summed E-state index contributed by atoms with van der Waals surface area (Å²) in [4.78, 5) is 26.1. The maximum absolute atomic E-state index is 14.0. The van der Waals surface area contributed by atoms with Gasteiger partial charge in [0.05, 0.1) is 25.6 Å². The minimum Gasteiger partial charge on any atom is -0.488 e. The molecular weight excluding hydrogens is 616 g/mol. The molecule has 0 saturated heterocycles. The fourth-order valence-electron chi connectivity index (χ4n) is 6.55. The van der Waals surface area contributed by atoms with Crippen LogP contribution in [0.2, 0.25) is 0 Å². The molecule has 5 rings (SSSR count). The molecule has 0 amide bonds. The highest BCUT2D eigenvalue weighted by molar-refractivity contribution is 7.89. The molecule has 2 atom stereocenters. The van der Waals surface area contributed by atoms with E-state index in [-0.39, 0.29) is 42.7 Å². The molecule has 3 aromatic carbocycles. The maximum atomic E-state index is 14.0. The first kappa shape index (κ1) is 34.3. The number of para-hydroxylation sites is 1. The second-order valence-corrected chi connectivity index (χ2v) is 14.7. The molecule has 0 bridgehead atoms. The van der Waals surface area contributed by atoms with Crippen LogP contribution in [0.1, 0.15) is 80.7 Å². The van der Waals surface area contributed by atoms with Crippen molar-refractivity contribution in [3.8, 4) is 5.75 Å². The summed E-state index contributed by atoms with van der Waals surface area (Å²) in [5, 5.41) is 8.79. The molecule has 1 aliphatic rings. The fraction of sp³-hybridized carbons (Fsp3) is 0.444. The average Bonchev–Trinajstić information content (AvgIpc) is 3.44. The normalized spacial score (nSPS) is 17.0. The Morgan fingerprint density at radius 3 is 2.51 bits per heavy atom. The number of methoxy groups -OCH3 is 1. The lowest BCUT2D eigenvalue weighted by Crippen LogP contribution is -2.36. The van der Waals surface area contributed by atoms with Crippen molar-refractivity contribution in [1.82, 2.24) is 19.3 Å². The van der Waals surface area contributed by atoms with E-state index in [9.17, 15) is 18.0 Å². The number of nitrogens with zero attached hydrogens (tertiary/aromatic N) is 4. The molecule has 47 heavy (non-hydrogen) atoms. The Hall–Kier alpha value is -4.09. The Morgan fingerprint density at radius 2 is 1.81 bits per heavy atom. The summed E-state index contributed by atoms with van der Waals surface area (Å²) in [6.07, 6.45) is 0.365. The predicted molar refractivity (Wildman–Crippen MR) is 180 cm³/mol. The molecule has 4 aromatic rings. The van der Waals surface area contributed by atoms with E-state index >= 15 is 0 Å². The highest BCUT2D eigenvalue weighted by Crippen LogP contribution is 2.45. The number of hydrogen-bond donors (Lipinski definition) is 0. The Morgan fingerprint density at radius 1 is 1.06 bits per heavy atom. The van der Waals surface area contributed by atoms with E-state index in [0.29, 0.717) is 18.7 Å². The number of benzene rings is 3. The Kier molecular flexibility index (Phi) is 9.88. The summed E-state index contributed by atoms with van der Waals surface area (Å²) < 4.78 is 42.3. The van der Waals surface area contributed by atoms with Crippen molar-refractivity contribution >= 4 is 32.8 Å². The zero-order valence-corrected chi connectivity index (χ0v) is 29.1. The van der Waals surface area contributed by atoms with Crippen LogP contribution in [0.25, 0.3) is 11.0 Å². The Labute approximate surface area is 277 Å². The second kappa shape index (κ2) is 13.6. The molecule has 10 nitrogen and oxygen atoms in total. The zero-order chi connectivity index (χ0) is 34.1. The monoisotopic (exact) mass is 660 g/mol. The van der Waals surface area contributed by atoms with Crippen LogP contribution in [0.4, 0.5) is 0 Å². The van der Waals surface area contributed by atoms with E-state index in [2.05, 4.69) is 10.3 Å². The van der Waals surface area contributed by atoms with E-state index in [1.54, 1.807) is 24.3 Å². The van der Waals surface area contributed by atoms with Gasteiger partial charge in [-0.3, -0.25) is 9.59 Å². The fourth-order valence-corrected chi connectivity index (χ4v) is 8.12. The summed E-state index contributed by atoms with van der Waals surface area (Å²) in [6, 6.07) is 16.8. The van der Waals surface area contributed by atoms with Crippen LogP contribution < -0.4 is 4.74 Å². The molecule has 11 heteroatoms. The molecule has 0 N–H and O–H groups in total. The van der Waals surface area contributed by atoms with Crippen LogP contribution in [0.3, 0.4) is 0 Å². The van der Waals surface area contributed by atoms with Gasteiger partial charge in [-0.2, -0.15) is 4.31 Å². The topological polar surface area (TPSA) is 121 Å². The molecule has 0 radical (unpaired) electrons. The molecule has 0 saturated carbocycles. The first-order valence-corrected chi connectivity index (χ1v) is 17.5. The average molecular weight is 661 g/mol. The number of aromatic nitrogens is 3. The summed E-state index contributed by atoms with van der Waals surface area (Å²) >= 11 is 0. The van der Waals surface area contributed by atoms with Gasteiger partial charge in [-0.1, -0.05) is 62.4 Å². The van der Waals surface area contributed by atoms with Crippen molar-refractivity contribution in [2.75, 3.05) is 13.7 Å². The van der Waals surface area contributed by atoms with Crippen LogP contribution in [0, 0.1) is 19.3 Å². The molecule has 1 aromatic heterocycles. The van der Waals surface area contributed by atoms with E-state index in [1.165, 1.54) is 11.4 Å². The lowest BCUT2D eigenvalue weighted by molar-refractivity contribution is -0.142. The van der Waals surface area contributed by atoms with Gasteiger partial charge < -0.3 is 9.47 Å². The zero-order valence-electron chi connectivity index (χ0n) is 28.2. The first-order chi connectivity index (χ1) is 22.3. The number of esters is 1. The molecule has 0 spiro atoms. The molecule has 0 fully saturated rings. The number of rotatable bonds is 11. The van der Waals surface area contributed by atoms with Gasteiger partial charge in [0.1, 0.15) is 28.0 Å². The van der Waals surface area contributed by atoms with Gasteiger partial charge in [-0.15, -0.1) is 5.10 Å². The predicted octanol–water partition coefficient (Wildman–Crippen LogP) is 6.11. The first-order valence-electron chi connectivity index (χ1n) is 16.1. The van der Waals surface area contributed by atoms with Gasteiger partial charge >= 0.3 is 5.97 Å². The van der Waals surface area contributed by atoms with E-state index in [0.717, 1.165) is 38.9 Å². The van der Waals surface area contributed by atoms with E-state index in [4.69, 9.17) is 9.47 Å². The Bertz CT molecular complexity index is 1920. The van der Waals surface area contributed by atoms with Crippen molar-refractivity contribution in [3.05, 3.63) is 82.4 Å². The standard InChI is InChI=1S/C36H44N4O6S/c1-8-27-22-39(47(43,44)31-13-11-10-12-30(31)46-27)21-26-20-25(15-14-23(26)3)34(36(5,6)32(41)18-19-33(42)45-7)28-16-17-29-35(24(28)4)37-38-40(29)9-2/h10-17,20,27,34H,8-9,18-19,21-22H2,1-7H3/t27-,34+/m1/s1. The quantitative estimate of drug-likeness (QED) is 0.177. The van der Waals surface area contributed by atoms with Crippen LogP contribution in [-0.2, 0) is 37.4 Å². The number of sulfonamides is 1. The molecule has 250 valence electrons. The number of ether oxygens (including phenoxy) is 2. The third-order valence-electron chi connectivity index (χ3n) is 9.49. The van der Waals surface area contributed by atoms with E-state index < -0.39 is 27.3 Å². The number of Topliss-reactive ketones (excluding diaryl/α,β-unsaturated/α-hetero) is 1. The minimum atomic E-state index is -3.86. The van der Waals surface area contributed by atoms with Crippen LogP contribution in [0.5, 0.6) is 5.75 Å². The second-order valence-electron chi connectivity index (χ2n) is 12.8. The SMILES string of the molecule is CC[C@@H]1CN(Cc2cc([C@@H](c3ccc4c(nnn4CC)c3C)C(C)(C)C(=O)CCC(=O)OC)ccc2C)S(=O)(=O)c2ccccc2O1. The number of fused-ring (bicyclic) bond motifs is 2. The van der Waals surface area contributed by atoms with Gasteiger partial charge in [-0.05, 0) is 73.2 Å². The summed E-state index contributed by atoms with van der Waals surface area (Å²) in [7, 11) is -2.55. The highest BCUT2D eigenvalue weighted by Gasteiger charge is 2.40. The summed E-state index contributed by atoms with van der Waals surface area (Å²) in [6.45, 7) is 12.8. The van der Waals surface area contributed by atoms with Crippen LogP contribution in [-0.4, -0.2) is 59.2 Å². The molecule has 1 aliphatic heterocycles. The lowest BCUT2D eigenvalue weighted by atomic mass is 9.67. The molecule has 0 unspecified atom stereocenters. The van der Waals surface area contributed by atoms with Crippen molar-refractivity contribution in [3.63, 3.8) is 0 Å². The van der Waals surface area contributed by atoms with Crippen LogP contribution in [0.15, 0.2) is 59.5 Å². The highest BCUT2D eigenvalue weighted by atomic mass is 32.2. The largest absolute Gasteiger partial charge is 0.488 e.